The monoisotopic (exact) mass is 165 g/mol. The molecule has 0 amide bonds. The van der Waals surface area contributed by atoms with Gasteiger partial charge in [-0.15, -0.1) is 11.8 Å². The molecule has 4 heteroatoms. The molecule has 0 aromatic rings. The predicted octanol–water partition coefficient (Wildman–Crippen LogP) is -0.289. The normalized spacial score (nSPS) is 14.0. The van der Waals surface area contributed by atoms with Gasteiger partial charge in [0.1, 0.15) is 10.5 Å². The summed E-state index contributed by atoms with van der Waals surface area (Å²) in [5.74, 6) is 1.12. The Morgan fingerprint density at radius 3 is 2.89 bits per heavy atom. The molecule has 0 rings (SSSR count). The molecule has 0 aromatic heterocycles. The molecular weight excluding hydrogens is 150 g/mol. The Morgan fingerprint density at radius 1 is 1.78 bits per heavy atom. The first-order valence-electron chi connectivity index (χ1n) is 3.15. The van der Waals surface area contributed by atoms with E-state index >= 15 is 0 Å². The molecule has 0 saturated heterocycles. The van der Waals surface area contributed by atoms with Crippen LogP contribution in [0, 0.1) is 0 Å². The number of thioether (sulfide) groups is 1. The Morgan fingerprint density at radius 2 is 2.44 bits per heavy atom. The van der Waals surface area contributed by atoms with Gasteiger partial charge < -0.3 is 10.2 Å². The van der Waals surface area contributed by atoms with Gasteiger partial charge in [-0.1, -0.05) is 0 Å². The van der Waals surface area contributed by atoms with Gasteiger partial charge in [0.05, 0.1) is 5.44 Å². The van der Waals surface area contributed by atoms with Crippen LogP contribution in [0.1, 0.15) is 13.3 Å². The molecule has 0 aliphatic rings. The molecule has 0 bridgehead atoms. The standard InChI is InChI=1S/C5H15NOSSi/c1-5(7-9)8-4-2-3-6/h5H,2-4,6H2,1,9H3. The van der Waals surface area contributed by atoms with Crippen molar-refractivity contribution in [2.75, 3.05) is 12.3 Å². The van der Waals surface area contributed by atoms with E-state index in [9.17, 15) is 0 Å². The highest BCUT2D eigenvalue weighted by Crippen LogP contribution is 2.10. The second kappa shape index (κ2) is 6.60. The summed E-state index contributed by atoms with van der Waals surface area (Å²) >= 11 is 1.83. The zero-order chi connectivity index (χ0) is 7.11. The van der Waals surface area contributed by atoms with Crippen molar-refractivity contribution in [1.82, 2.24) is 0 Å². The van der Waals surface area contributed by atoms with E-state index in [-0.39, 0.29) is 0 Å². The summed E-state index contributed by atoms with van der Waals surface area (Å²) in [6.07, 6.45) is 1.10. The fraction of sp³-hybridized carbons (Fsp3) is 1.00. The Balaban J connectivity index is 2.88. The zero-order valence-corrected chi connectivity index (χ0v) is 8.91. The van der Waals surface area contributed by atoms with Crippen LogP contribution in [0.2, 0.25) is 0 Å². The minimum atomic E-state index is 0.378. The molecule has 2 nitrogen and oxygen atoms in total. The molecule has 9 heavy (non-hydrogen) atoms. The van der Waals surface area contributed by atoms with E-state index in [4.69, 9.17) is 10.2 Å². The van der Waals surface area contributed by atoms with Gasteiger partial charge >= 0.3 is 0 Å². The predicted molar refractivity (Wildman–Crippen MR) is 46.6 cm³/mol. The van der Waals surface area contributed by atoms with Gasteiger partial charge in [-0.05, 0) is 25.6 Å². The smallest absolute Gasteiger partial charge is 0.147 e. The second-order valence-electron chi connectivity index (χ2n) is 1.82. The van der Waals surface area contributed by atoms with Crippen molar-refractivity contribution in [3.8, 4) is 0 Å². The molecule has 1 unspecified atom stereocenters. The number of hydrogen-bond donors (Lipinski definition) is 1. The molecule has 0 aliphatic heterocycles. The summed E-state index contributed by atoms with van der Waals surface area (Å²) < 4.78 is 5.16. The maximum atomic E-state index is 5.31. The van der Waals surface area contributed by atoms with Gasteiger partial charge in [0.2, 0.25) is 0 Å². The van der Waals surface area contributed by atoms with Gasteiger partial charge in [0.15, 0.2) is 0 Å². The number of hydrogen-bond acceptors (Lipinski definition) is 3. The van der Waals surface area contributed by atoms with E-state index in [0.717, 1.165) is 29.2 Å². The third-order valence-corrected chi connectivity index (χ3v) is 3.27. The van der Waals surface area contributed by atoms with Crippen LogP contribution in [0.5, 0.6) is 0 Å². The van der Waals surface area contributed by atoms with Crippen molar-refractivity contribution in [2.24, 2.45) is 5.73 Å². The van der Waals surface area contributed by atoms with Gasteiger partial charge in [0, 0.05) is 0 Å². The fourth-order valence-electron chi connectivity index (χ4n) is 0.401. The van der Waals surface area contributed by atoms with Crippen LogP contribution in [0.15, 0.2) is 0 Å². The third kappa shape index (κ3) is 6.37. The van der Waals surface area contributed by atoms with Crippen LogP contribution < -0.4 is 5.73 Å². The summed E-state index contributed by atoms with van der Waals surface area (Å²) in [5, 5.41) is 0. The van der Waals surface area contributed by atoms with Crippen LogP contribution in [0.4, 0.5) is 0 Å². The minimum Gasteiger partial charge on any atom is -0.417 e. The van der Waals surface area contributed by atoms with Crippen molar-refractivity contribution >= 4 is 22.2 Å². The van der Waals surface area contributed by atoms with Gasteiger partial charge in [-0.25, -0.2) is 0 Å². The molecule has 0 aliphatic carbocycles. The van der Waals surface area contributed by atoms with E-state index in [1.165, 1.54) is 0 Å². The van der Waals surface area contributed by atoms with Crippen LogP contribution in [-0.2, 0) is 4.43 Å². The highest BCUT2D eigenvalue weighted by molar-refractivity contribution is 7.99. The first-order valence-corrected chi connectivity index (χ1v) is 5.02. The van der Waals surface area contributed by atoms with Crippen LogP contribution in [0.25, 0.3) is 0 Å². The maximum Gasteiger partial charge on any atom is 0.147 e. The fourth-order valence-corrected chi connectivity index (χ4v) is 1.61. The summed E-state index contributed by atoms with van der Waals surface area (Å²) in [6, 6.07) is 0. The van der Waals surface area contributed by atoms with Crippen molar-refractivity contribution in [2.45, 2.75) is 18.8 Å². The molecule has 1 atom stereocenters. The lowest BCUT2D eigenvalue weighted by Crippen LogP contribution is -2.04. The van der Waals surface area contributed by atoms with E-state index < -0.39 is 0 Å². The molecular formula is C5H15NOSSi. The quantitative estimate of drug-likeness (QED) is 0.345. The lowest BCUT2D eigenvalue weighted by Gasteiger charge is -2.07. The molecule has 0 heterocycles. The van der Waals surface area contributed by atoms with Gasteiger partial charge in [-0.2, -0.15) is 0 Å². The number of rotatable bonds is 5. The summed E-state index contributed by atoms with van der Waals surface area (Å²) in [4.78, 5) is 0. The molecule has 0 aromatic carbocycles. The second-order valence-corrected chi connectivity index (χ2v) is 3.69. The zero-order valence-electron chi connectivity index (χ0n) is 6.09. The van der Waals surface area contributed by atoms with Crippen LogP contribution >= 0.6 is 11.8 Å². The first kappa shape index (κ1) is 9.49. The molecule has 0 saturated carbocycles. The molecule has 2 N–H and O–H groups in total. The van der Waals surface area contributed by atoms with Gasteiger partial charge in [0.25, 0.3) is 0 Å². The molecule has 0 fully saturated rings. The lowest BCUT2D eigenvalue weighted by molar-refractivity contribution is 0.339. The third-order valence-electron chi connectivity index (χ3n) is 1.03. The van der Waals surface area contributed by atoms with Gasteiger partial charge in [-0.3, -0.25) is 0 Å². The van der Waals surface area contributed by atoms with E-state index in [1.54, 1.807) is 0 Å². The topological polar surface area (TPSA) is 35.2 Å². The largest absolute Gasteiger partial charge is 0.417 e. The summed E-state index contributed by atoms with van der Waals surface area (Å²) in [6.45, 7) is 2.87. The van der Waals surface area contributed by atoms with Crippen LogP contribution in [0.3, 0.4) is 0 Å². The van der Waals surface area contributed by atoms with E-state index in [0.29, 0.717) is 5.44 Å². The molecule has 0 spiro atoms. The minimum absolute atomic E-state index is 0.378. The molecule has 56 valence electrons. The highest BCUT2D eigenvalue weighted by atomic mass is 32.2. The maximum absolute atomic E-state index is 5.31. The van der Waals surface area contributed by atoms with Crippen molar-refractivity contribution < 1.29 is 4.43 Å². The van der Waals surface area contributed by atoms with Crippen molar-refractivity contribution in [1.29, 1.82) is 0 Å². The molecule has 0 radical (unpaired) electrons. The Labute approximate surface area is 64.1 Å². The highest BCUT2D eigenvalue weighted by Gasteiger charge is 1.95. The van der Waals surface area contributed by atoms with Crippen molar-refractivity contribution in [3.63, 3.8) is 0 Å². The van der Waals surface area contributed by atoms with E-state index in [2.05, 4.69) is 6.92 Å². The van der Waals surface area contributed by atoms with E-state index in [1.807, 2.05) is 11.8 Å². The number of nitrogens with two attached hydrogens (primary N) is 1. The average molecular weight is 165 g/mol. The SMILES string of the molecule is CC(O[SiH3])SCCCN. The summed E-state index contributed by atoms with van der Waals surface area (Å²) in [7, 11) is 0.839. The lowest BCUT2D eigenvalue weighted by atomic mass is 10.5. The van der Waals surface area contributed by atoms with Crippen LogP contribution in [-0.4, -0.2) is 28.2 Å². The average Bonchev–Trinajstić information content (AvgIpc) is 1.89. The summed E-state index contributed by atoms with van der Waals surface area (Å²) in [5.41, 5.74) is 5.69. The Kier molecular flexibility index (Phi) is 6.96. The Bertz CT molecular complexity index is 64.9. The first-order chi connectivity index (χ1) is 4.31. The Hall–Kier alpha value is 0.487. The van der Waals surface area contributed by atoms with Crippen molar-refractivity contribution in [3.05, 3.63) is 0 Å².